The van der Waals surface area contributed by atoms with Crippen molar-refractivity contribution in [1.29, 1.82) is 0 Å². The van der Waals surface area contributed by atoms with Crippen molar-refractivity contribution in [3.63, 3.8) is 0 Å². The summed E-state index contributed by atoms with van der Waals surface area (Å²) in [6, 6.07) is 1.70. The van der Waals surface area contributed by atoms with Crippen LogP contribution in [0.25, 0.3) is 0 Å². The van der Waals surface area contributed by atoms with Crippen molar-refractivity contribution in [2.45, 2.75) is 58.0 Å². The van der Waals surface area contributed by atoms with Crippen molar-refractivity contribution in [3.8, 4) is 0 Å². The highest BCUT2D eigenvalue weighted by molar-refractivity contribution is 6.31. The molecule has 0 bridgehead atoms. The number of halogens is 1. The Bertz CT molecular complexity index is 490. The summed E-state index contributed by atoms with van der Waals surface area (Å²) in [6.07, 6.45) is 6.47. The van der Waals surface area contributed by atoms with Crippen molar-refractivity contribution in [2.24, 2.45) is 5.92 Å². The van der Waals surface area contributed by atoms with Crippen LogP contribution in [0, 0.1) is 5.92 Å². The lowest BCUT2D eigenvalue weighted by Crippen LogP contribution is -2.53. The second kappa shape index (κ2) is 6.84. The van der Waals surface area contributed by atoms with Gasteiger partial charge in [0, 0.05) is 12.7 Å². The van der Waals surface area contributed by atoms with Crippen molar-refractivity contribution in [1.82, 2.24) is 9.88 Å². The normalized spacial score (nSPS) is 25.8. The first-order valence-corrected chi connectivity index (χ1v) is 8.16. The van der Waals surface area contributed by atoms with Crippen LogP contribution >= 0.6 is 11.6 Å². The Kier molecular flexibility index (Phi) is 5.33. The zero-order valence-electron chi connectivity index (χ0n) is 12.9. The van der Waals surface area contributed by atoms with E-state index in [4.69, 9.17) is 11.6 Å². The van der Waals surface area contributed by atoms with Gasteiger partial charge >= 0.3 is 0 Å². The number of carbonyl (C=O) groups excluding carboxylic acids is 1. The van der Waals surface area contributed by atoms with Gasteiger partial charge in [0.15, 0.2) is 0 Å². The number of aromatic nitrogens is 1. The smallest absolute Gasteiger partial charge is 0.268 e. The molecule has 1 fully saturated rings. The average molecular weight is 313 g/mol. The van der Waals surface area contributed by atoms with Gasteiger partial charge in [-0.1, -0.05) is 25.4 Å². The van der Waals surface area contributed by atoms with Crippen LogP contribution in [0.3, 0.4) is 0 Å². The third-order valence-corrected chi connectivity index (χ3v) is 4.68. The molecule has 2 N–H and O–H groups in total. The van der Waals surface area contributed by atoms with Gasteiger partial charge in [-0.3, -0.25) is 4.79 Å². The Labute approximate surface area is 131 Å². The van der Waals surface area contributed by atoms with E-state index in [0.717, 1.165) is 38.6 Å². The molecule has 4 nitrogen and oxygen atoms in total. The quantitative estimate of drug-likeness (QED) is 0.877. The van der Waals surface area contributed by atoms with Crippen LogP contribution in [0.1, 0.15) is 56.4 Å². The zero-order valence-corrected chi connectivity index (χ0v) is 13.6. The number of nitrogens with one attached hydrogen (secondary N) is 1. The van der Waals surface area contributed by atoms with Crippen LogP contribution in [0.15, 0.2) is 12.3 Å². The molecule has 1 aromatic heterocycles. The fourth-order valence-electron chi connectivity index (χ4n) is 3.03. The van der Waals surface area contributed by atoms with E-state index in [1.807, 2.05) is 4.57 Å². The summed E-state index contributed by atoms with van der Waals surface area (Å²) in [6.45, 7) is 5.04. The monoisotopic (exact) mass is 312 g/mol. The summed E-state index contributed by atoms with van der Waals surface area (Å²) >= 11 is 6.03. The van der Waals surface area contributed by atoms with E-state index >= 15 is 0 Å². The third kappa shape index (κ3) is 3.80. The van der Waals surface area contributed by atoms with Crippen LogP contribution in [0.2, 0.25) is 5.02 Å². The van der Waals surface area contributed by atoms with Crippen molar-refractivity contribution >= 4 is 17.5 Å². The van der Waals surface area contributed by atoms with Gasteiger partial charge in [0.2, 0.25) is 0 Å². The molecule has 21 heavy (non-hydrogen) atoms. The molecule has 0 atom stereocenters. The zero-order chi connectivity index (χ0) is 15.5. The SMILES string of the molecule is CCCn1cc(Cl)cc1C(=O)NC1(CO)CCC(C)CC1. The summed E-state index contributed by atoms with van der Waals surface area (Å²) in [4.78, 5) is 12.6. The van der Waals surface area contributed by atoms with E-state index in [1.165, 1.54) is 0 Å². The number of amides is 1. The van der Waals surface area contributed by atoms with Gasteiger partial charge in [-0.2, -0.15) is 0 Å². The number of hydrogen-bond acceptors (Lipinski definition) is 2. The van der Waals surface area contributed by atoms with E-state index in [1.54, 1.807) is 12.3 Å². The predicted molar refractivity (Wildman–Crippen MR) is 84.6 cm³/mol. The van der Waals surface area contributed by atoms with Crippen molar-refractivity contribution in [3.05, 3.63) is 23.0 Å². The van der Waals surface area contributed by atoms with Gasteiger partial charge in [0.1, 0.15) is 5.69 Å². The summed E-state index contributed by atoms with van der Waals surface area (Å²) < 4.78 is 1.88. The van der Waals surface area contributed by atoms with Gasteiger partial charge in [0.05, 0.1) is 17.2 Å². The van der Waals surface area contributed by atoms with E-state index in [-0.39, 0.29) is 12.5 Å². The lowest BCUT2D eigenvalue weighted by molar-refractivity contribution is 0.0709. The number of carbonyl (C=O) groups is 1. The number of rotatable bonds is 5. The number of aryl methyl sites for hydroxylation is 1. The topological polar surface area (TPSA) is 54.3 Å². The molecule has 0 saturated heterocycles. The third-order valence-electron chi connectivity index (χ3n) is 4.47. The first-order valence-electron chi connectivity index (χ1n) is 7.79. The van der Waals surface area contributed by atoms with E-state index in [0.29, 0.717) is 16.6 Å². The molecule has 0 aliphatic heterocycles. The molecule has 1 amide bonds. The molecular weight excluding hydrogens is 288 g/mol. The lowest BCUT2D eigenvalue weighted by atomic mass is 9.77. The van der Waals surface area contributed by atoms with E-state index in [2.05, 4.69) is 19.2 Å². The Hall–Kier alpha value is -1.00. The van der Waals surface area contributed by atoms with E-state index in [9.17, 15) is 9.90 Å². The van der Waals surface area contributed by atoms with Crippen molar-refractivity contribution in [2.75, 3.05) is 6.61 Å². The van der Waals surface area contributed by atoms with Gasteiger partial charge in [0.25, 0.3) is 5.91 Å². The molecule has 1 aliphatic carbocycles. The minimum atomic E-state index is -0.475. The molecule has 0 aromatic carbocycles. The number of aliphatic hydroxyl groups is 1. The van der Waals surface area contributed by atoms with Gasteiger partial charge in [-0.15, -0.1) is 0 Å². The molecule has 0 spiro atoms. The number of nitrogens with zero attached hydrogens (tertiary/aromatic N) is 1. The van der Waals surface area contributed by atoms with Gasteiger partial charge in [-0.05, 0) is 44.1 Å². The fourth-order valence-corrected chi connectivity index (χ4v) is 3.25. The largest absolute Gasteiger partial charge is 0.394 e. The Morgan fingerprint density at radius 3 is 2.76 bits per heavy atom. The van der Waals surface area contributed by atoms with Gasteiger partial charge in [-0.25, -0.2) is 0 Å². The van der Waals surface area contributed by atoms with Crippen LogP contribution in [0.5, 0.6) is 0 Å². The molecule has 118 valence electrons. The average Bonchev–Trinajstić information content (AvgIpc) is 2.83. The van der Waals surface area contributed by atoms with Crippen molar-refractivity contribution < 1.29 is 9.90 Å². The molecule has 1 saturated carbocycles. The molecule has 0 radical (unpaired) electrons. The lowest BCUT2D eigenvalue weighted by Gasteiger charge is -2.38. The highest BCUT2D eigenvalue weighted by Crippen LogP contribution is 2.32. The molecule has 0 unspecified atom stereocenters. The van der Waals surface area contributed by atoms with Crippen LogP contribution in [-0.2, 0) is 6.54 Å². The van der Waals surface area contributed by atoms with Crippen LogP contribution < -0.4 is 5.32 Å². The standard InChI is InChI=1S/C16H25ClN2O2/c1-3-8-19-10-13(17)9-14(19)15(21)18-16(11-20)6-4-12(2)5-7-16/h9-10,12,20H,3-8,11H2,1-2H3,(H,18,21). The summed E-state index contributed by atoms with van der Waals surface area (Å²) in [5, 5.41) is 13.4. The molecule has 5 heteroatoms. The Balaban J connectivity index is 2.13. The minimum absolute atomic E-state index is 0.00627. The second-order valence-corrected chi connectivity index (χ2v) is 6.75. The first kappa shape index (κ1) is 16.4. The fraction of sp³-hybridized carbons (Fsp3) is 0.688. The summed E-state index contributed by atoms with van der Waals surface area (Å²) in [5.74, 6) is 0.527. The Morgan fingerprint density at radius 2 is 2.19 bits per heavy atom. The van der Waals surface area contributed by atoms with E-state index < -0.39 is 5.54 Å². The highest BCUT2D eigenvalue weighted by atomic mass is 35.5. The summed E-state index contributed by atoms with van der Waals surface area (Å²) in [7, 11) is 0. The first-order chi connectivity index (χ1) is 9.99. The molecule has 1 aromatic rings. The number of hydrogen-bond donors (Lipinski definition) is 2. The maximum Gasteiger partial charge on any atom is 0.268 e. The minimum Gasteiger partial charge on any atom is -0.394 e. The highest BCUT2D eigenvalue weighted by Gasteiger charge is 2.35. The Morgan fingerprint density at radius 1 is 1.52 bits per heavy atom. The van der Waals surface area contributed by atoms with Crippen LogP contribution in [-0.4, -0.2) is 27.7 Å². The van der Waals surface area contributed by atoms with Crippen LogP contribution in [0.4, 0.5) is 0 Å². The molecule has 2 rings (SSSR count). The maximum absolute atomic E-state index is 12.6. The summed E-state index contributed by atoms with van der Waals surface area (Å²) in [5.41, 5.74) is 0.102. The molecular formula is C16H25ClN2O2. The van der Waals surface area contributed by atoms with Gasteiger partial charge < -0.3 is 15.0 Å². The second-order valence-electron chi connectivity index (χ2n) is 6.31. The molecule has 1 heterocycles. The maximum atomic E-state index is 12.6. The number of aliphatic hydroxyl groups excluding tert-OH is 1. The molecule has 1 aliphatic rings. The predicted octanol–water partition coefficient (Wildman–Crippen LogP) is 3.22.